The lowest BCUT2D eigenvalue weighted by Gasteiger charge is -2.10. The molecule has 0 saturated heterocycles. The molecule has 1 amide bonds. The van der Waals surface area contributed by atoms with E-state index >= 15 is 0 Å². The highest BCUT2D eigenvalue weighted by atomic mass is 35.5. The van der Waals surface area contributed by atoms with Gasteiger partial charge in [-0.1, -0.05) is 46.6 Å². The van der Waals surface area contributed by atoms with Crippen molar-refractivity contribution < 1.29 is 23.1 Å². The Labute approximate surface area is 166 Å². The summed E-state index contributed by atoms with van der Waals surface area (Å²) in [6, 6.07) is 8.58. The number of hydrogen-bond donors (Lipinski definition) is 1. The summed E-state index contributed by atoms with van der Waals surface area (Å²) < 4.78 is 29.4. The van der Waals surface area contributed by atoms with Crippen LogP contribution in [0.25, 0.3) is 0 Å². The van der Waals surface area contributed by atoms with E-state index in [2.05, 4.69) is 5.32 Å². The van der Waals surface area contributed by atoms with Crippen LogP contribution in [0.5, 0.6) is 0 Å². The second-order valence-electron chi connectivity index (χ2n) is 4.75. The molecule has 0 saturated carbocycles. The molecule has 138 valence electrons. The second kappa shape index (κ2) is 9.41. The van der Waals surface area contributed by atoms with Gasteiger partial charge in [0.1, 0.15) is 0 Å². The number of thioether (sulfide) groups is 1. The van der Waals surface area contributed by atoms with Crippen molar-refractivity contribution in [1.82, 2.24) is 0 Å². The van der Waals surface area contributed by atoms with E-state index in [1.807, 2.05) is 0 Å². The number of halogens is 5. The fourth-order valence-electron chi connectivity index (χ4n) is 1.83. The molecule has 1 N–H and O–H groups in total. The minimum atomic E-state index is -2.53. The Morgan fingerprint density at radius 3 is 2.27 bits per heavy atom. The number of rotatable bonds is 6. The zero-order chi connectivity index (χ0) is 19.3. The fraction of sp³-hybridized carbons (Fsp3) is 0.125. The summed E-state index contributed by atoms with van der Waals surface area (Å²) in [5.74, 6) is -4.05. The Hall–Kier alpha value is -1.54. The van der Waals surface area contributed by atoms with Crippen molar-refractivity contribution in [2.24, 2.45) is 0 Å². The van der Waals surface area contributed by atoms with E-state index in [0.29, 0.717) is 22.3 Å². The van der Waals surface area contributed by atoms with Crippen molar-refractivity contribution in [2.45, 2.75) is 10.7 Å². The summed E-state index contributed by atoms with van der Waals surface area (Å²) in [6.45, 7) is -0.592. The summed E-state index contributed by atoms with van der Waals surface area (Å²) in [4.78, 5) is 24.2. The minimum Gasteiger partial charge on any atom is -0.452 e. The molecule has 0 radical (unpaired) electrons. The number of benzene rings is 2. The van der Waals surface area contributed by atoms with Gasteiger partial charge in [0.2, 0.25) is 0 Å². The van der Waals surface area contributed by atoms with E-state index in [4.69, 9.17) is 39.5 Å². The van der Waals surface area contributed by atoms with Gasteiger partial charge in [-0.3, -0.25) is 4.79 Å². The van der Waals surface area contributed by atoms with E-state index in [-0.39, 0.29) is 20.6 Å². The topological polar surface area (TPSA) is 55.4 Å². The number of hydrogen-bond acceptors (Lipinski definition) is 4. The number of alkyl halides is 2. The molecule has 2 aromatic carbocycles. The maximum absolute atomic E-state index is 12.2. The standard InChI is InChI=1S/C16H10Cl3F2NO3S/c17-10-5-6-11(18)14(19)13(10)15(24)25-7-12(23)22-8-1-3-9(4-2-8)26-16(20)21/h1-6,16H,7H2,(H,22,23). The predicted octanol–water partition coefficient (Wildman–Crippen LogP) is 5.76. The Morgan fingerprint density at radius 2 is 1.65 bits per heavy atom. The van der Waals surface area contributed by atoms with Crippen molar-refractivity contribution in [3.63, 3.8) is 0 Å². The van der Waals surface area contributed by atoms with Crippen LogP contribution < -0.4 is 5.32 Å². The molecule has 0 bridgehead atoms. The molecule has 26 heavy (non-hydrogen) atoms. The Morgan fingerprint density at radius 1 is 1.04 bits per heavy atom. The van der Waals surface area contributed by atoms with Crippen LogP contribution in [0.1, 0.15) is 10.4 Å². The molecule has 0 aliphatic heterocycles. The lowest BCUT2D eigenvalue weighted by molar-refractivity contribution is -0.119. The van der Waals surface area contributed by atoms with Gasteiger partial charge in [0, 0.05) is 10.6 Å². The monoisotopic (exact) mass is 439 g/mol. The van der Waals surface area contributed by atoms with Crippen LogP contribution in [0.4, 0.5) is 14.5 Å². The minimum absolute atomic E-state index is 0.0388. The highest BCUT2D eigenvalue weighted by Gasteiger charge is 2.19. The number of ether oxygens (including phenoxy) is 1. The van der Waals surface area contributed by atoms with E-state index in [1.54, 1.807) is 0 Å². The molecule has 4 nitrogen and oxygen atoms in total. The third-order valence-electron chi connectivity index (χ3n) is 2.95. The number of amides is 1. The van der Waals surface area contributed by atoms with Gasteiger partial charge in [0.25, 0.3) is 11.7 Å². The molecule has 0 heterocycles. The third kappa shape index (κ3) is 5.74. The van der Waals surface area contributed by atoms with Crippen molar-refractivity contribution in [2.75, 3.05) is 11.9 Å². The number of carbonyl (C=O) groups is 2. The number of anilines is 1. The highest BCUT2D eigenvalue weighted by molar-refractivity contribution is 7.99. The average molecular weight is 441 g/mol. The summed E-state index contributed by atoms with van der Waals surface area (Å²) in [5.41, 5.74) is 0.227. The third-order valence-corrected chi connectivity index (χ3v) is 4.79. The maximum atomic E-state index is 12.2. The molecule has 0 atom stereocenters. The first-order valence-electron chi connectivity index (χ1n) is 6.93. The zero-order valence-electron chi connectivity index (χ0n) is 12.8. The molecule has 0 aromatic heterocycles. The average Bonchev–Trinajstić information content (AvgIpc) is 2.58. The van der Waals surface area contributed by atoms with Gasteiger partial charge in [-0.05, 0) is 36.4 Å². The number of esters is 1. The molecule has 0 spiro atoms. The maximum Gasteiger partial charge on any atom is 0.341 e. The van der Waals surface area contributed by atoms with E-state index in [1.165, 1.54) is 36.4 Å². The zero-order valence-corrected chi connectivity index (χ0v) is 15.9. The van der Waals surface area contributed by atoms with Gasteiger partial charge in [-0.15, -0.1) is 0 Å². The molecular weight excluding hydrogens is 431 g/mol. The van der Waals surface area contributed by atoms with Gasteiger partial charge in [0.05, 0.1) is 20.6 Å². The summed E-state index contributed by atoms with van der Waals surface area (Å²) in [6.07, 6.45) is 0. The van der Waals surface area contributed by atoms with E-state index < -0.39 is 24.2 Å². The van der Waals surface area contributed by atoms with Gasteiger partial charge in [0.15, 0.2) is 6.61 Å². The lowest BCUT2D eigenvalue weighted by atomic mass is 10.2. The fourth-order valence-corrected chi connectivity index (χ4v) is 3.02. The van der Waals surface area contributed by atoms with Crippen molar-refractivity contribution >= 4 is 64.1 Å². The normalized spacial score (nSPS) is 10.7. The van der Waals surface area contributed by atoms with Crippen molar-refractivity contribution in [3.05, 3.63) is 57.0 Å². The van der Waals surface area contributed by atoms with Crippen LogP contribution in [0.2, 0.25) is 15.1 Å². The van der Waals surface area contributed by atoms with Crippen LogP contribution in [0.3, 0.4) is 0 Å². The van der Waals surface area contributed by atoms with Gasteiger partial charge >= 0.3 is 5.97 Å². The van der Waals surface area contributed by atoms with Crippen LogP contribution >= 0.6 is 46.6 Å². The number of nitrogens with one attached hydrogen (secondary N) is 1. The molecule has 0 aliphatic carbocycles. The Kier molecular flexibility index (Phi) is 7.52. The highest BCUT2D eigenvalue weighted by Crippen LogP contribution is 2.32. The van der Waals surface area contributed by atoms with E-state index in [0.717, 1.165) is 0 Å². The quantitative estimate of drug-likeness (QED) is 0.353. The van der Waals surface area contributed by atoms with Gasteiger partial charge in [-0.25, -0.2) is 4.79 Å². The van der Waals surface area contributed by atoms with Crippen molar-refractivity contribution in [3.8, 4) is 0 Å². The summed E-state index contributed by atoms with van der Waals surface area (Å²) in [7, 11) is 0. The number of carbonyl (C=O) groups excluding carboxylic acids is 2. The van der Waals surface area contributed by atoms with Crippen molar-refractivity contribution in [1.29, 1.82) is 0 Å². The first-order valence-corrected chi connectivity index (χ1v) is 8.94. The van der Waals surface area contributed by atoms with Crippen LogP contribution in [-0.2, 0) is 9.53 Å². The molecule has 0 aliphatic rings. The van der Waals surface area contributed by atoms with E-state index in [9.17, 15) is 18.4 Å². The van der Waals surface area contributed by atoms with Gasteiger partial charge < -0.3 is 10.1 Å². The summed E-state index contributed by atoms with van der Waals surface area (Å²) >= 11 is 18.0. The molecule has 0 fully saturated rings. The van der Waals surface area contributed by atoms with Crippen LogP contribution in [0, 0.1) is 0 Å². The molecule has 2 rings (SSSR count). The first-order chi connectivity index (χ1) is 12.3. The SMILES string of the molecule is O=C(COC(=O)c1c(Cl)ccc(Cl)c1Cl)Nc1ccc(SC(F)F)cc1. The molecule has 0 unspecified atom stereocenters. The second-order valence-corrected chi connectivity index (χ2v) is 7.00. The predicted molar refractivity (Wildman–Crippen MR) is 98.7 cm³/mol. The molecular formula is C16H10Cl3F2NO3S. The lowest BCUT2D eigenvalue weighted by Crippen LogP contribution is -2.21. The van der Waals surface area contributed by atoms with Gasteiger partial charge in [-0.2, -0.15) is 8.78 Å². The van der Waals surface area contributed by atoms with Crippen LogP contribution in [-0.4, -0.2) is 24.2 Å². The molecule has 2 aromatic rings. The first kappa shape index (κ1) is 20.8. The van der Waals surface area contributed by atoms with Crippen LogP contribution in [0.15, 0.2) is 41.3 Å². The Bertz CT molecular complexity index is 819. The molecule has 10 heteroatoms. The largest absolute Gasteiger partial charge is 0.452 e. The Balaban J connectivity index is 1.93. The smallest absolute Gasteiger partial charge is 0.341 e. The summed E-state index contributed by atoms with van der Waals surface area (Å²) in [5, 5.41) is 2.55.